The van der Waals surface area contributed by atoms with Crippen LogP contribution >= 0.6 is 0 Å². The molecule has 0 aromatic heterocycles. The molecule has 1 atom stereocenters. The zero-order chi connectivity index (χ0) is 10.6. The van der Waals surface area contributed by atoms with Gasteiger partial charge in [-0.1, -0.05) is 0 Å². The molecule has 1 heterocycles. The molecule has 0 aliphatic carbocycles. The fourth-order valence-corrected chi connectivity index (χ4v) is 1.94. The normalized spacial score (nSPS) is 22.3. The first kappa shape index (κ1) is 12.0. The van der Waals surface area contributed by atoms with E-state index in [2.05, 4.69) is 25.7 Å². The molecular formula is C11H23NO2. The second kappa shape index (κ2) is 5.10. The van der Waals surface area contributed by atoms with Crippen molar-refractivity contribution in [1.82, 2.24) is 4.90 Å². The average Bonchev–Trinajstić information content (AvgIpc) is 2.19. The molecule has 0 aromatic rings. The Morgan fingerprint density at radius 3 is 2.43 bits per heavy atom. The van der Waals surface area contributed by atoms with E-state index in [-0.39, 0.29) is 5.60 Å². The summed E-state index contributed by atoms with van der Waals surface area (Å²) in [4.78, 5) is 2.48. The van der Waals surface area contributed by atoms with E-state index in [1.54, 1.807) is 7.11 Å². The minimum Gasteiger partial charge on any atom is -0.379 e. The maximum atomic E-state index is 5.44. The summed E-state index contributed by atoms with van der Waals surface area (Å²) >= 11 is 0. The van der Waals surface area contributed by atoms with Gasteiger partial charge in [-0.3, -0.25) is 4.90 Å². The third-order valence-corrected chi connectivity index (χ3v) is 3.01. The van der Waals surface area contributed by atoms with Crippen molar-refractivity contribution in [2.24, 2.45) is 0 Å². The fraction of sp³-hybridized carbons (Fsp3) is 1.00. The summed E-state index contributed by atoms with van der Waals surface area (Å²) in [6.07, 6.45) is 1.07. The zero-order valence-electron chi connectivity index (χ0n) is 9.88. The Morgan fingerprint density at radius 2 is 1.93 bits per heavy atom. The lowest BCUT2D eigenvalue weighted by Gasteiger charge is -2.36. The van der Waals surface area contributed by atoms with Crippen LogP contribution in [0.5, 0.6) is 0 Å². The van der Waals surface area contributed by atoms with Crippen LogP contribution in [0.1, 0.15) is 27.2 Å². The molecule has 3 nitrogen and oxygen atoms in total. The molecule has 0 bridgehead atoms. The van der Waals surface area contributed by atoms with E-state index >= 15 is 0 Å². The molecule has 0 radical (unpaired) electrons. The first-order chi connectivity index (χ1) is 6.55. The van der Waals surface area contributed by atoms with Crippen LogP contribution in [0.15, 0.2) is 0 Å². The van der Waals surface area contributed by atoms with Gasteiger partial charge in [-0.2, -0.15) is 0 Å². The van der Waals surface area contributed by atoms with Crippen LogP contribution in [-0.2, 0) is 9.47 Å². The molecule has 84 valence electrons. The summed E-state index contributed by atoms with van der Waals surface area (Å²) in [6, 6.07) is 0.578. The average molecular weight is 201 g/mol. The van der Waals surface area contributed by atoms with Gasteiger partial charge in [-0.15, -0.1) is 0 Å². The van der Waals surface area contributed by atoms with E-state index in [0.717, 1.165) is 32.7 Å². The Morgan fingerprint density at radius 1 is 1.36 bits per heavy atom. The van der Waals surface area contributed by atoms with Crippen LogP contribution < -0.4 is 0 Å². The maximum absolute atomic E-state index is 5.44. The van der Waals surface area contributed by atoms with Crippen LogP contribution in [0.2, 0.25) is 0 Å². The van der Waals surface area contributed by atoms with Crippen molar-refractivity contribution in [3.05, 3.63) is 0 Å². The highest BCUT2D eigenvalue weighted by Crippen LogP contribution is 2.19. The van der Waals surface area contributed by atoms with E-state index in [4.69, 9.17) is 9.47 Å². The Hall–Kier alpha value is -0.120. The van der Waals surface area contributed by atoms with E-state index in [0.29, 0.717) is 6.04 Å². The minimum absolute atomic E-state index is 0.0161. The van der Waals surface area contributed by atoms with E-state index in [9.17, 15) is 0 Å². The monoisotopic (exact) mass is 201 g/mol. The Bertz CT molecular complexity index is 165. The van der Waals surface area contributed by atoms with Crippen molar-refractivity contribution in [3.63, 3.8) is 0 Å². The summed E-state index contributed by atoms with van der Waals surface area (Å²) in [6.45, 7) is 10.4. The molecule has 0 aromatic carbocycles. The quantitative estimate of drug-likeness (QED) is 0.688. The van der Waals surface area contributed by atoms with Gasteiger partial charge in [0.25, 0.3) is 0 Å². The van der Waals surface area contributed by atoms with Gasteiger partial charge in [0.05, 0.1) is 18.8 Å². The first-order valence-corrected chi connectivity index (χ1v) is 5.42. The number of ether oxygens (including phenoxy) is 2. The summed E-state index contributed by atoms with van der Waals surface area (Å²) in [5.74, 6) is 0. The van der Waals surface area contributed by atoms with E-state index in [1.165, 1.54) is 0 Å². The number of morpholine rings is 1. The highest BCUT2D eigenvalue weighted by atomic mass is 16.5. The number of nitrogens with zero attached hydrogens (tertiary/aromatic N) is 1. The lowest BCUT2D eigenvalue weighted by Crippen LogP contribution is -2.45. The third kappa shape index (κ3) is 3.56. The Balaban J connectivity index is 2.36. The molecule has 0 N–H and O–H groups in total. The van der Waals surface area contributed by atoms with Gasteiger partial charge in [0, 0.05) is 26.2 Å². The molecule has 0 saturated carbocycles. The first-order valence-electron chi connectivity index (χ1n) is 5.42. The van der Waals surface area contributed by atoms with Gasteiger partial charge >= 0.3 is 0 Å². The summed E-state index contributed by atoms with van der Waals surface area (Å²) in [5, 5.41) is 0. The molecule has 3 heteroatoms. The predicted octanol–water partition coefficient (Wildman–Crippen LogP) is 1.52. The van der Waals surface area contributed by atoms with Crippen LogP contribution in [-0.4, -0.2) is 50.0 Å². The number of hydrogen-bond donors (Lipinski definition) is 0. The lowest BCUT2D eigenvalue weighted by molar-refractivity contribution is -0.0285. The molecule has 1 fully saturated rings. The summed E-state index contributed by atoms with van der Waals surface area (Å²) < 4.78 is 10.8. The van der Waals surface area contributed by atoms with Gasteiger partial charge in [-0.05, 0) is 27.2 Å². The van der Waals surface area contributed by atoms with Crippen LogP contribution in [0.3, 0.4) is 0 Å². The van der Waals surface area contributed by atoms with Gasteiger partial charge in [0.2, 0.25) is 0 Å². The lowest BCUT2D eigenvalue weighted by atomic mass is 9.98. The predicted molar refractivity (Wildman–Crippen MR) is 57.6 cm³/mol. The molecule has 14 heavy (non-hydrogen) atoms. The molecule has 1 saturated heterocycles. The maximum Gasteiger partial charge on any atom is 0.0637 e. The second-order valence-electron chi connectivity index (χ2n) is 4.67. The van der Waals surface area contributed by atoms with Crippen molar-refractivity contribution >= 4 is 0 Å². The molecule has 1 aliphatic rings. The van der Waals surface area contributed by atoms with Gasteiger partial charge < -0.3 is 9.47 Å². The minimum atomic E-state index is -0.0161. The van der Waals surface area contributed by atoms with Crippen molar-refractivity contribution in [2.75, 3.05) is 33.4 Å². The topological polar surface area (TPSA) is 21.7 Å². The Labute approximate surface area is 87.4 Å². The number of hydrogen-bond acceptors (Lipinski definition) is 3. The third-order valence-electron chi connectivity index (χ3n) is 3.01. The van der Waals surface area contributed by atoms with Gasteiger partial charge in [0.1, 0.15) is 0 Å². The molecule has 1 rings (SSSR count). The van der Waals surface area contributed by atoms with Crippen molar-refractivity contribution in [2.45, 2.75) is 38.8 Å². The van der Waals surface area contributed by atoms with E-state index < -0.39 is 0 Å². The van der Waals surface area contributed by atoms with Crippen LogP contribution in [0.25, 0.3) is 0 Å². The van der Waals surface area contributed by atoms with Crippen molar-refractivity contribution in [3.8, 4) is 0 Å². The fourth-order valence-electron chi connectivity index (χ4n) is 1.94. The van der Waals surface area contributed by atoms with Crippen molar-refractivity contribution in [1.29, 1.82) is 0 Å². The highest BCUT2D eigenvalue weighted by Gasteiger charge is 2.25. The standard InChI is InChI=1S/C11H23NO2/c1-10(9-11(2,3)13-4)12-5-7-14-8-6-12/h10H,5-9H2,1-4H3. The summed E-state index contributed by atoms with van der Waals surface area (Å²) in [5.41, 5.74) is -0.0161. The van der Waals surface area contributed by atoms with E-state index in [1.807, 2.05) is 0 Å². The molecule has 0 amide bonds. The smallest absolute Gasteiger partial charge is 0.0637 e. The van der Waals surface area contributed by atoms with Crippen LogP contribution in [0.4, 0.5) is 0 Å². The second-order valence-corrected chi connectivity index (χ2v) is 4.67. The van der Waals surface area contributed by atoms with Gasteiger partial charge in [-0.25, -0.2) is 0 Å². The highest BCUT2D eigenvalue weighted by molar-refractivity contribution is 4.78. The summed E-state index contributed by atoms with van der Waals surface area (Å²) in [7, 11) is 1.78. The molecule has 0 spiro atoms. The van der Waals surface area contributed by atoms with Gasteiger partial charge in [0.15, 0.2) is 0 Å². The number of methoxy groups -OCH3 is 1. The molecule has 1 aliphatic heterocycles. The Kier molecular flexibility index (Phi) is 4.35. The molecule has 1 unspecified atom stereocenters. The number of rotatable bonds is 4. The van der Waals surface area contributed by atoms with Crippen molar-refractivity contribution < 1.29 is 9.47 Å². The SMILES string of the molecule is COC(C)(C)CC(C)N1CCOCC1. The molecular weight excluding hydrogens is 178 g/mol. The largest absolute Gasteiger partial charge is 0.379 e. The zero-order valence-corrected chi connectivity index (χ0v) is 9.88. The van der Waals surface area contributed by atoms with Crippen LogP contribution in [0, 0.1) is 0 Å².